The van der Waals surface area contributed by atoms with Crippen molar-refractivity contribution in [3.05, 3.63) is 65.1 Å². The quantitative estimate of drug-likeness (QED) is 0.622. The van der Waals surface area contributed by atoms with Crippen LogP contribution in [0.2, 0.25) is 0 Å². The molecule has 26 heavy (non-hydrogen) atoms. The van der Waals surface area contributed by atoms with Crippen LogP contribution in [-0.2, 0) is 9.59 Å². The molecule has 1 heterocycles. The fraction of sp³-hybridized carbons (Fsp3) is 0.105. The van der Waals surface area contributed by atoms with Crippen molar-refractivity contribution >= 4 is 51.9 Å². The zero-order chi connectivity index (χ0) is 18.7. The number of benzene rings is 2. The van der Waals surface area contributed by atoms with Gasteiger partial charge >= 0.3 is 0 Å². The van der Waals surface area contributed by atoms with Crippen LogP contribution in [-0.4, -0.2) is 32.2 Å². The second-order valence-corrected chi connectivity index (χ2v) is 7.35. The molecule has 0 spiro atoms. The van der Waals surface area contributed by atoms with Gasteiger partial charge in [-0.25, -0.2) is 0 Å². The first-order valence-corrected chi connectivity index (χ1v) is 9.10. The van der Waals surface area contributed by atoms with Gasteiger partial charge in [-0.05, 0) is 42.8 Å². The number of anilines is 1. The first kappa shape index (κ1) is 18.2. The van der Waals surface area contributed by atoms with Crippen LogP contribution in [0.1, 0.15) is 12.5 Å². The average Bonchev–Trinajstić information content (AvgIpc) is 2.90. The highest BCUT2D eigenvalue weighted by Gasteiger charge is 2.38. The molecule has 0 bridgehead atoms. The van der Waals surface area contributed by atoms with E-state index in [9.17, 15) is 14.7 Å². The normalized spacial score (nSPS) is 16.8. The van der Waals surface area contributed by atoms with Crippen LogP contribution in [0.3, 0.4) is 0 Å². The second kappa shape index (κ2) is 7.72. The standard InChI is InChI=1S/C19H16N2O3S2/c1-12(17(23)20-14-5-3-2-4-6-14)21-18(24)16(26-19(21)25)11-13-7-9-15(22)10-8-13/h2-12,22H,1H3,(H,20,23)/b16-11-. The summed E-state index contributed by atoms with van der Waals surface area (Å²) in [6.45, 7) is 1.65. The lowest BCUT2D eigenvalue weighted by atomic mass is 10.2. The lowest BCUT2D eigenvalue weighted by Gasteiger charge is -2.22. The molecule has 0 radical (unpaired) electrons. The minimum atomic E-state index is -0.728. The molecule has 132 valence electrons. The number of amides is 2. The molecule has 2 aromatic carbocycles. The zero-order valence-electron chi connectivity index (χ0n) is 13.9. The third kappa shape index (κ3) is 3.95. The summed E-state index contributed by atoms with van der Waals surface area (Å²) in [6.07, 6.45) is 1.70. The number of hydrogen-bond acceptors (Lipinski definition) is 5. The SMILES string of the molecule is CC(C(=O)Nc1ccccc1)N1C(=O)/C(=C/c2ccc(O)cc2)SC1=S. The molecule has 2 amide bonds. The number of aromatic hydroxyl groups is 1. The van der Waals surface area contributed by atoms with Gasteiger partial charge in [0.25, 0.3) is 5.91 Å². The number of rotatable bonds is 4. The van der Waals surface area contributed by atoms with E-state index in [1.54, 1.807) is 49.4 Å². The summed E-state index contributed by atoms with van der Waals surface area (Å²) in [6, 6.07) is 14.8. The Morgan fingerprint density at radius 3 is 2.50 bits per heavy atom. The van der Waals surface area contributed by atoms with Crippen molar-refractivity contribution in [3.63, 3.8) is 0 Å². The summed E-state index contributed by atoms with van der Waals surface area (Å²) in [5, 5.41) is 12.1. The predicted molar refractivity (Wildman–Crippen MR) is 108 cm³/mol. The Morgan fingerprint density at radius 1 is 1.19 bits per heavy atom. The van der Waals surface area contributed by atoms with E-state index in [0.29, 0.717) is 14.9 Å². The summed E-state index contributed by atoms with van der Waals surface area (Å²) >= 11 is 6.46. The molecule has 1 aliphatic rings. The highest BCUT2D eigenvalue weighted by molar-refractivity contribution is 8.26. The fourth-order valence-corrected chi connectivity index (χ4v) is 3.84. The minimum Gasteiger partial charge on any atom is -0.508 e. The maximum Gasteiger partial charge on any atom is 0.266 e. The molecule has 1 aliphatic heterocycles. The number of hydrogen-bond donors (Lipinski definition) is 2. The van der Waals surface area contributed by atoms with Gasteiger partial charge in [0.2, 0.25) is 5.91 Å². The molecule has 5 nitrogen and oxygen atoms in total. The Kier molecular flexibility index (Phi) is 5.39. The summed E-state index contributed by atoms with van der Waals surface area (Å²) in [5.41, 5.74) is 1.43. The largest absolute Gasteiger partial charge is 0.508 e. The lowest BCUT2D eigenvalue weighted by molar-refractivity contribution is -0.129. The Hall–Kier alpha value is -2.64. The summed E-state index contributed by atoms with van der Waals surface area (Å²) in [7, 11) is 0. The first-order chi connectivity index (χ1) is 12.5. The molecule has 2 aromatic rings. The minimum absolute atomic E-state index is 0.154. The van der Waals surface area contributed by atoms with Crippen LogP contribution < -0.4 is 5.32 Å². The van der Waals surface area contributed by atoms with Crippen molar-refractivity contribution < 1.29 is 14.7 Å². The van der Waals surface area contributed by atoms with E-state index in [4.69, 9.17) is 12.2 Å². The van der Waals surface area contributed by atoms with Gasteiger partial charge in [-0.1, -0.05) is 54.3 Å². The van der Waals surface area contributed by atoms with E-state index in [1.807, 2.05) is 18.2 Å². The van der Waals surface area contributed by atoms with E-state index in [1.165, 1.54) is 4.90 Å². The summed E-state index contributed by atoms with van der Waals surface area (Å²) < 4.78 is 0.343. The van der Waals surface area contributed by atoms with Crippen LogP contribution in [0.5, 0.6) is 5.75 Å². The van der Waals surface area contributed by atoms with E-state index >= 15 is 0 Å². The molecular weight excluding hydrogens is 368 g/mol. The second-order valence-electron chi connectivity index (χ2n) is 5.67. The number of phenolic OH excluding ortho intramolecular Hbond substituents is 1. The Labute approximate surface area is 160 Å². The van der Waals surface area contributed by atoms with Gasteiger partial charge in [-0.15, -0.1) is 0 Å². The average molecular weight is 384 g/mol. The number of carbonyl (C=O) groups excluding carboxylic acids is 2. The van der Waals surface area contributed by atoms with Crippen molar-refractivity contribution in [3.8, 4) is 5.75 Å². The Morgan fingerprint density at radius 2 is 1.85 bits per heavy atom. The van der Waals surface area contributed by atoms with Gasteiger partial charge in [-0.3, -0.25) is 14.5 Å². The maximum atomic E-state index is 12.7. The molecule has 1 atom stereocenters. The van der Waals surface area contributed by atoms with E-state index in [2.05, 4.69) is 5.32 Å². The van der Waals surface area contributed by atoms with Crippen LogP contribution in [0.4, 0.5) is 5.69 Å². The number of nitrogens with zero attached hydrogens (tertiary/aromatic N) is 1. The lowest BCUT2D eigenvalue weighted by Crippen LogP contribution is -2.44. The van der Waals surface area contributed by atoms with Crippen molar-refractivity contribution in [2.24, 2.45) is 0 Å². The molecule has 1 saturated heterocycles. The molecular formula is C19H16N2O3S2. The smallest absolute Gasteiger partial charge is 0.266 e. The van der Waals surface area contributed by atoms with Crippen LogP contribution in [0.15, 0.2) is 59.5 Å². The van der Waals surface area contributed by atoms with E-state index in [-0.39, 0.29) is 17.6 Å². The molecule has 1 unspecified atom stereocenters. The monoisotopic (exact) mass is 384 g/mol. The van der Waals surface area contributed by atoms with Crippen molar-refractivity contribution in [2.45, 2.75) is 13.0 Å². The van der Waals surface area contributed by atoms with Gasteiger partial charge in [0.1, 0.15) is 16.1 Å². The number of nitrogens with one attached hydrogen (secondary N) is 1. The highest BCUT2D eigenvalue weighted by Crippen LogP contribution is 2.34. The number of phenols is 1. The zero-order valence-corrected chi connectivity index (χ0v) is 15.5. The third-order valence-corrected chi connectivity index (χ3v) is 5.15. The number of thioether (sulfide) groups is 1. The molecule has 7 heteroatoms. The van der Waals surface area contributed by atoms with Gasteiger partial charge < -0.3 is 10.4 Å². The van der Waals surface area contributed by atoms with Crippen LogP contribution >= 0.6 is 24.0 Å². The first-order valence-electron chi connectivity index (χ1n) is 7.88. The Balaban J connectivity index is 1.75. The molecule has 0 saturated carbocycles. The van der Waals surface area contributed by atoms with Crippen molar-refractivity contribution in [1.82, 2.24) is 4.90 Å². The fourth-order valence-electron chi connectivity index (χ4n) is 2.42. The Bertz CT molecular complexity index is 879. The van der Waals surface area contributed by atoms with E-state index < -0.39 is 6.04 Å². The number of thiocarbonyl (C=S) groups is 1. The summed E-state index contributed by atoms with van der Waals surface area (Å²) in [5.74, 6) is -0.455. The maximum absolute atomic E-state index is 12.7. The number of carbonyl (C=O) groups is 2. The topological polar surface area (TPSA) is 69.6 Å². The number of para-hydroxylation sites is 1. The molecule has 0 aromatic heterocycles. The van der Waals surface area contributed by atoms with Crippen molar-refractivity contribution in [2.75, 3.05) is 5.32 Å². The van der Waals surface area contributed by atoms with Crippen LogP contribution in [0, 0.1) is 0 Å². The molecule has 3 rings (SSSR count). The van der Waals surface area contributed by atoms with Crippen molar-refractivity contribution in [1.29, 1.82) is 0 Å². The molecule has 1 fully saturated rings. The molecule has 0 aliphatic carbocycles. The van der Waals surface area contributed by atoms with Gasteiger partial charge in [0.15, 0.2) is 0 Å². The molecule has 2 N–H and O–H groups in total. The third-order valence-electron chi connectivity index (χ3n) is 3.82. The highest BCUT2D eigenvalue weighted by atomic mass is 32.2. The van der Waals surface area contributed by atoms with Gasteiger partial charge in [-0.2, -0.15) is 0 Å². The summed E-state index contributed by atoms with van der Waals surface area (Å²) in [4.78, 5) is 26.9. The predicted octanol–water partition coefficient (Wildman–Crippen LogP) is 3.62. The van der Waals surface area contributed by atoms with E-state index in [0.717, 1.165) is 17.3 Å². The van der Waals surface area contributed by atoms with Crippen LogP contribution in [0.25, 0.3) is 6.08 Å². The van der Waals surface area contributed by atoms with Gasteiger partial charge in [0.05, 0.1) is 4.91 Å². The van der Waals surface area contributed by atoms with Gasteiger partial charge in [0, 0.05) is 5.69 Å².